The zero-order chi connectivity index (χ0) is 17.3. The second-order valence-electron chi connectivity index (χ2n) is 4.38. The van der Waals surface area contributed by atoms with Crippen LogP contribution in [0.15, 0.2) is 0 Å². The van der Waals surface area contributed by atoms with E-state index >= 15 is 0 Å². The molecule has 3 N–H and O–H groups in total. The van der Waals surface area contributed by atoms with E-state index in [4.69, 9.17) is 5.11 Å². The summed E-state index contributed by atoms with van der Waals surface area (Å²) in [5.41, 5.74) is 0. The van der Waals surface area contributed by atoms with Gasteiger partial charge in [-0.05, 0) is 13.5 Å². The van der Waals surface area contributed by atoms with Crippen molar-refractivity contribution in [3.05, 3.63) is 0 Å². The third-order valence-electron chi connectivity index (χ3n) is 2.63. The van der Waals surface area contributed by atoms with Crippen LogP contribution in [-0.2, 0) is 19.2 Å². The van der Waals surface area contributed by atoms with E-state index in [2.05, 4.69) is 48.7 Å². The predicted molar refractivity (Wildman–Crippen MR) is 90.2 cm³/mol. The Labute approximate surface area is 144 Å². The van der Waals surface area contributed by atoms with E-state index in [1.54, 1.807) is 7.05 Å². The zero-order valence-corrected chi connectivity index (χ0v) is 14.5. The Bertz CT molecular complexity index is 433. The number of aliphatic carboxylic acids is 1. The highest BCUT2D eigenvalue weighted by Crippen LogP contribution is 2.10. The van der Waals surface area contributed by atoms with Gasteiger partial charge in [0, 0.05) is 12.2 Å². The van der Waals surface area contributed by atoms with Gasteiger partial charge in [0.15, 0.2) is 0 Å². The lowest BCUT2D eigenvalue weighted by Gasteiger charge is -2.20. The molecule has 0 radical (unpaired) electrons. The summed E-state index contributed by atoms with van der Waals surface area (Å²) in [6, 6.07) is -1.58. The average Bonchev–Trinajstić information content (AvgIpc) is 2.41. The number of carboxylic acids is 1. The normalized spacial score (nSPS) is 13.3. The third kappa shape index (κ3) is 8.51. The average molecular weight is 369 g/mol. The van der Waals surface area contributed by atoms with Gasteiger partial charge in [0.05, 0.1) is 6.04 Å². The minimum atomic E-state index is -1.19. The molecule has 2 amide bonds. The van der Waals surface area contributed by atoms with Crippen molar-refractivity contribution in [3.8, 4) is 0 Å². The Morgan fingerprint density at radius 3 is 2.27 bits per heavy atom. The summed E-state index contributed by atoms with van der Waals surface area (Å²) < 4.78 is 1.35. The van der Waals surface area contributed by atoms with Crippen LogP contribution in [-0.4, -0.2) is 63.7 Å². The fraction of sp³-hybridized carbons (Fsp3) is 0.636. The molecule has 2 atom stereocenters. The first kappa shape index (κ1) is 21.1. The quantitative estimate of drug-likeness (QED) is 0.275. The number of nitrogens with zero attached hydrogens (tertiary/aromatic N) is 1. The maximum absolute atomic E-state index is 11.8. The molecule has 11 heteroatoms. The number of nitrogens with one attached hydrogen (secondary N) is 2. The van der Waals surface area contributed by atoms with Crippen LogP contribution >= 0.6 is 38.1 Å². The molecule has 0 fully saturated rings. The first-order valence-electron chi connectivity index (χ1n) is 6.23. The van der Waals surface area contributed by atoms with Crippen molar-refractivity contribution < 1.29 is 24.3 Å². The number of carbonyl (C=O) groups excluding carboxylic acids is 3. The van der Waals surface area contributed by atoms with Crippen LogP contribution in [0.5, 0.6) is 0 Å². The molecule has 0 aromatic heterocycles. The van der Waals surface area contributed by atoms with E-state index in [1.807, 2.05) is 0 Å². The monoisotopic (exact) mass is 369 g/mol. The summed E-state index contributed by atoms with van der Waals surface area (Å²) in [6.07, 6.45) is 0.169. The summed E-state index contributed by atoms with van der Waals surface area (Å²) in [4.78, 5) is 45.0. The van der Waals surface area contributed by atoms with Crippen LogP contribution in [0.3, 0.4) is 0 Å². The Hall–Kier alpha value is -0.910. The van der Waals surface area contributed by atoms with Gasteiger partial charge in [0.25, 0.3) is 0 Å². The second kappa shape index (κ2) is 10.8. The van der Waals surface area contributed by atoms with Crippen LogP contribution in [0.1, 0.15) is 12.8 Å². The molecule has 2 unspecified atom stereocenters. The summed E-state index contributed by atoms with van der Waals surface area (Å²) in [7, 11) is 1.57. The molecule has 0 bridgehead atoms. The lowest BCUT2D eigenvalue weighted by Crippen LogP contribution is -2.49. The van der Waals surface area contributed by atoms with Crippen molar-refractivity contribution in [2.24, 2.45) is 0 Å². The highest BCUT2D eigenvalue weighted by atomic mass is 32.1. The molecule has 0 aromatic rings. The first-order chi connectivity index (χ1) is 10.2. The molecule has 0 aliphatic rings. The van der Waals surface area contributed by atoms with Gasteiger partial charge in [-0.15, -0.1) is 12.6 Å². The number of amides is 2. The highest BCUT2D eigenvalue weighted by molar-refractivity contribution is 7.96. The SMILES string of the molecule is CN(S)C(CCC(=O)NC(CS)C(=O)NCC(=O)O)C(=O)S. The topological polar surface area (TPSA) is 116 Å². The van der Waals surface area contributed by atoms with Gasteiger partial charge in [-0.25, -0.2) is 4.31 Å². The number of thiol groups is 3. The van der Waals surface area contributed by atoms with E-state index in [0.717, 1.165) is 0 Å². The summed E-state index contributed by atoms with van der Waals surface area (Å²) in [5.74, 6) is -2.28. The highest BCUT2D eigenvalue weighted by Gasteiger charge is 2.23. The summed E-state index contributed by atoms with van der Waals surface area (Å²) >= 11 is 11.7. The summed E-state index contributed by atoms with van der Waals surface area (Å²) in [5, 5.41) is 12.6. The van der Waals surface area contributed by atoms with Crippen molar-refractivity contribution >= 4 is 61.0 Å². The minimum Gasteiger partial charge on any atom is -0.480 e. The lowest BCUT2D eigenvalue weighted by molar-refractivity contribution is -0.138. The molecule has 0 spiro atoms. The van der Waals surface area contributed by atoms with E-state index in [9.17, 15) is 19.2 Å². The molecule has 8 nitrogen and oxygen atoms in total. The number of likely N-dealkylation sites (N-methyl/N-ethyl adjacent to an activating group) is 1. The van der Waals surface area contributed by atoms with Crippen LogP contribution in [0.2, 0.25) is 0 Å². The van der Waals surface area contributed by atoms with Crippen molar-refractivity contribution in [1.82, 2.24) is 14.9 Å². The minimum absolute atomic E-state index is 0.0125. The molecule has 0 saturated heterocycles. The van der Waals surface area contributed by atoms with Crippen LogP contribution < -0.4 is 10.6 Å². The smallest absolute Gasteiger partial charge is 0.322 e. The Morgan fingerprint density at radius 2 is 1.86 bits per heavy atom. The van der Waals surface area contributed by atoms with Gasteiger partial charge in [-0.3, -0.25) is 19.2 Å². The molecule has 0 aromatic carbocycles. The van der Waals surface area contributed by atoms with Crippen molar-refractivity contribution in [1.29, 1.82) is 0 Å². The summed E-state index contributed by atoms with van der Waals surface area (Å²) in [6.45, 7) is -0.542. The van der Waals surface area contributed by atoms with Crippen LogP contribution in [0.25, 0.3) is 0 Å². The number of hydrogen-bond acceptors (Lipinski definition) is 7. The molecule has 0 rings (SSSR count). The van der Waals surface area contributed by atoms with Gasteiger partial charge in [0.1, 0.15) is 12.6 Å². The Kier molecular flexibility index (Phi) is 10.3. The Balaban J connectivity index is 4.39. The van der Waals surface area contributed by atoms with Gasteiger partial charge >= 0.3 is 5.97 Å². The van der Waals surface area contributed by atoms with Crippen LogP contribution in [0, 0.1) is 0 Å². The number of carboxylic acid groups (broad SMARTS) is 1. The van der Waals surface area contributed by atoms with E-state index < -0.39 is 41.5 Å². The molecule has 0 aliphatic heterocycles. The molecule has 0 saturated carbocycles. The van der Waals surface area contributed by atoms with Crippen LogP contribution in [0.4, 0.5) is 0 Å². The Morgan fingerprint density at radius 1 is 1.27 bits per heavy atom. The molecule has 22 heavy (non-hydrogen) atoms. The van der Waals surface area contributed by atoms with Gasteiger partial charge < -0.3 is 15.7 Å². The van der Waals surface area contributed by atoms with Crippen molar-refractivity contribution in [2.75, 3.05) is 19.3 Å². The maximum Gasteiger partial charge on any atom is 0.322 e. The van der Waals surface area contributed by atoms with E-state index in [-0.39, 0.29) is 18.6 Å². The standard InChI is InChI=1S/C11H19N3O5S3/c1-14(22)7(11(19)21)2-3-8(15)13-6(5-20)10(18)12-4-9(16)17/h6-7,20,22H,2-5H2,1H3,(H,12,18)(H,13,15)(H,16,17)(H,19,21). The van der Waals surface area contributed by atoms with E-state index in [0.29, 0.717) is 0 Å². The second-order valence-corrected chi connectivity index (χ2v) is 5.82. The molecular formula is C11H19N3O5S3. The molecule has 0 heterocycles. The van der Waals surface area contributed by atoms with Crippen molar-refractivity contribution in [3.63, 3.8) is 0 Å². The fourth-order valence-corrected chi connectivity index (χ4v) is 2.36. The third-order valence-corrected chi connectivity index (χ3v) is 3.57. The number of carbonyl (C=O) groups is 4. The molecule has 126 valence electrons. The number of hydrogen-bond donors (Lipinski definition) is 6. The van der Waals surface area contributed by atoms with E-state index in [1.165, 1.54) is 4.31 Å². The maximum atomic E-state index is 11.8. The molecular weight excluding hydrogens is 350 g/mol. The van der Waals surface area contributed by atoms with Gasteiger partial charge in [0.2, 0.25) is 16.9 Å². The molecule has 0 aliphatic carbocycles. The lowest BCUT2D eigenvalue weighted by atomic mass is 10.1. The fourth-order valence-electron chi connectivity index (χ4n) is 1.48. The number of rotatable bonds is 10. The first-order valence-corrected chi connectivity index (χ1v) is 7.71. The largest absolute Gasteiger partial charge is 0.480 e. The van der Waals surface area contributed by atoms with Gasteiger partial charge in [-0.2, -0.15) is 12.6 Å². The predicted octanol–water partition coefficient (Wildman–Crippen LogP) is -1.02. The zero-order valence-electron chi connectivity index (χ0n) is 11.9. The van der Waals surface area contributed by atoms with Crippen molar-refractivity contribution in [2.45, 2.75) is 24.9 Å². The van der Waals surface area contributed by atoms with Gasteiger partial charge in [-0.1, -0.05) is 12.8 Å².